The number of likely N-dealkylation sites (tertiary alicyclic amines) is 1. The number of rotatable bonds is 5. The Kier molecular flexibility index (Phi) is 4.87. The van der Waals surface area contributed by atoms with Crippen molar-refractivity contribution in [1.82, 2.24) is 4.90 Å². The van der Waals surface area contributed by atoms with E-state index in [-0.39, 0.29) is 35.5 Å². The smallest absolute Gasteiger partial charge is 0.329 e. The van der Waals surface area contributed by atoms with Crippen LogP contribution in [0.25, 0.3) is 0 Å². The lowest BCUT2D eigenvalue weighted by Gasteiger charge is -2.23. The standard InChI is InChI=1S/C20H21ClN2O5/c1-10(20(27)28-9-15(24)22-14-6-4-13(21)5-7-14)23-18(25)16-11-2-3-12(8-11)17(16)19(23)26/h4-7,10-12,16-17H,2-3,8-9H2,1H3,(H,22,24)/t10-,11-,12-,16+,17+/m1/s1. The molecule has 8 heteroatoms. The summed E-state index contributed by atoms with van der Waals surface area (Å²) in [6, 6.07) is 5.46. The molecule has 2 saturated carbocycles. The van der Waals surface area contributed by atoms with Gasteiger partial charge in [-0.25, -0.2) is 4.79 Å². The van der Waals surface area contributed by atoms with Gasteiger partial charge in [0.1, 0.15) is 6.04 Å². The average molecular weight is 405 g/mol. The Morgan fingerprint density at radius 1 is 1.14 bits per heavy atom. The second kappa shape index (κ2) is 7.20. The quantitative estimate of drug-likeness (QED) is 0.600. The number of amides is 3. The van der Waals surface area contributed by atoms with E-state index in [0.29, 0.717) is 10.7 Å². The molecular formula is C20H21ClN2O5. The lowest BCUT2D eigenvalue weighted by Crippen LogP contribution is -2.45. The van der Waals surface area contributed by atoms with Crippen LogP contribution in [0.1, 0.15) is 26.2 Å². The molecule has 2 bridgehead atoms. The number of carbonyl (C=O) groups is 4. The minimum atomic E-state index is -1.03. The molecule has 1 aromatic carbocycles. The van der Waals surface area contributed by atoms with Crippen molar-refractivity contribution in [1.29, 1.82) is 0 Å². The Hall–Kier alpha value is -2.41. The number of anilines is 1. The molecule has 1 aliphatic heterocycles. The molecule has 4 rings (SSSR count). The molecule has 0 spiro atoms. The first-order valence-electron chi connectivity index (χ1n) is 9.45. The molecule has 1 saturated heterocycles. The molecule has 28 heavy (non-hydrogen) atoms. The van der Waals surface area contributed by atoms with Gasteiger partial charge in [-0.15, -0.1) is 0 Å². The number of hydrogen-bond donors (Lipinski definition) is 1. The van der Waals surface area contributed by atoms with Crippen LogP contribution in [0.15, 0.2) is 24.3 Å². The molecule has 0 radical (unpaired) electrons. The minimum Gasteiger partial charge on any atom is -0.454 e. The van der Waals surface area contributed by atoms with Crippen molar-refractivity contribution < 1.29 is 23.9 Å². The van der Waals surface area contributed by atoms with Crippen LogP contribution in [0.2, 0.25) is 5.02 Å². The molecule has 0 unspecified atom stereocenters. The molecule has 1 N–H and O–H groups in total. The number of nitrogens with one attached hydrogen (secondary N) is 1. The fourth-order valence-electron chi connectivity index (χ4n) is 4.91. The number of esters is 1. The Morgan fingerprint density at radius 3 is 2.29 bits per heavy atom. The highest BCUT2D eigenvalue weighted by molar-refractivity contribution is 6.30. The van der Waals surface area contributed by atoms with Gasteiger partial charge in [-0.3, -0.25) is 19.3 Å². The number of hydrogen-bond acceptors (Lipinski definition) is 5. The van der Waals surface area contributed by atoms with E-state index in [1.165, 1.54) is 6.92 Å². The number of benzene rings is 1. The molecule has 3 amide bonds. The highest BCUT2D eigenvalue weighted by atomic mass is 35.5. The van der Waals surface area contributed by atoms with Crippen molar-refractivity contribution in [3.05, 3.63) is 29.3 Å². The maximum atomic E-state index is 12.7. The van der Waals surface area contributed by atoms with Gasteiger partial charge < -0.3 is 10.1 Å². The second-order valence-electron chi connectivity index (χ2n) is 7.77. The summed E-state index contributed by atoms with van der Waals surface area (Å²) in [5, 5.41) is 3.12. The zero-order valence-electron chi connectivity index (χ0n) is 15.4. The van der Waals surface area contributed by atoms with E-state index in [9.17, 15) is 19.2 Å². The van der Waals surface area contributed by atoms with Gasteiger partial charge in [0.05, 0.1) is 11.8 Å². The molecule has 7 nitrogen and oxygen atoms in total. The predicted octanol–water partition coefficient (Wildman–Crippen LogP) is 2.24. The third-order valence-corrected chi connectivity index (χ3v) is 6.42. The fraction of sp³-hybridized carbons (Fsp3) is 0.500. The third kappa shape index (κ3) is 3.17. The summed E-state index contributed by atoms with van der Waals surface area (Å²) in [5.41, 5.74) is 0.520. The SMILES string of the molecule is C[C@H](C(=O)OCC(=O)Nc1ccc(Cl)cc1)N1C(=O)[C@H]2[C@@H]3CC[C@H](C3)[C@@H]2C1=O. The molecule has 1 heterocycles. The largest absolute Gasteiger partial charge is 0.454 e. The van der Waals surface area contributed by atoms with E-state index in [1.807, 2.05) is 0 Å². The molecule has 3 aliphatic rings. The average Bonchev–Trinajstić information content (AvgIpc) is 3.35. The summed E-state index contributed by atoms with van der Waals surface area (Å²) in [4.78, 5) is 50.9. The van der Waals surface area contributed by atoms with Crippen molar-refractivity contribution in [2.45, 2.75) is 32.2 Å². The summed E-state index contributed by atoms with van der Waals surface area (Å²) in [7, 11) is 0. The molecule has 5 atom stereocenters. The first kappa shape index (κ1) is 18.9. The summed E-state index contributed by atoms with van der Waals surface area (Å²) >= 11 is 5.79. The first-order chi connectivity index (χ1) is 13.4. The van der Waals surface area contributed by atoms with Crippen molar-refractivity contribution in [3.8, 4) is 0 Å². The number of nitrogens with zero attached hydrogens (tertiary/aromatic N) is 1. The zero-order chi connectivity index (χ0) is 20.0. The van der Waals surface area contributed by atoms with Gasteiger partial charge in [0.2, 0.25) is 11.8 Å². The van der Waals surface area contributed by atoms with Crippen LogP contribution in [-0.4, -0.2) is 41.2 Å². The van der Waals surface area contributed by atoms with Gasteiger partial charge in [0.25, 0.3) is 5.91 Å². The van der Waals surface area contributed by atoms with Gasteiger partial charge in [0, 0.05) is 10.7 Å². The van der Waals surface area contributed by atoms with Crippen molar-refractivity contribution in [2.75, 3.05) is 11.9 Å². The lowest BCUT2D eigenvalue weighted by molar-refractivity contribution is -0.159. The Morgan fingerprint density at radius 2 is 1.71 bits per heavy atom. The maximum Gasteiger partial charge on any atom is 0.329 e. The summed E-state index contributed by atoms with van der Waals surface area (Å²) in [5.74, 6) is -1.87. The van der Waals surface area contributed by atoms with Gasteiger partial charge in [0.15, 0.2) is 6.61 Å². The van der Waals surface area contributed by atoms with Crippen molar-refractivity contribution >= 4 is 41.0 Å². The second-order valence-corrected chi connectivity index (χ2v) is 8.21. The number of halogens is 1. The van der Waals surface area contributed by atoms with E-state index in [4.69, 9.17) is 16.3 Å². The number of ether oxygens (including phenoxy) is 1. The Labute approximate surface area is 167 Å². The zero-order valence-corrected chi connectivity index (χ0v) is 16.1. The van der Waals surface area contributed by atoms with Gasteiger partial charge in [-0.1, -0.05) is 11.6 Å². The molecular weight excluding hydrogens is 384 g/mol. The van der Waals surface area contributed by atoms with Gasteiger partial charge in [-0.2, -0.15) is 0 Å². The van der Waals surface area contributed by atoms with E-state index in [1.54, 1.807) is 24.3 Å². The van der Waals surface area contributed by atoms with Crippen LogP contribution in [0.5, 0.6) is 0 Å². The fourth-order valence-corrected chi connectivity index (χ4v) is 5.03. The number of fused-ring (bicyclic) bond motifs is 5. The first-order valence-corrected chi connectivity index (χ1v) is 9.83. The lowest BCUT2D eigenvalue weighted by atomic mass is 9.81. The van der Waals surface area contributed by atoms with E-state index < -0.39 is 24.5 Å². The third-order valence-electron chi connectivity index (χ3n) is 6.16. The molecule has 2 aliphatic carbocycles. The van der Waals surface area contributed by atoms with Crippen molar-refractivity contribution in [2.24, 2.45) is 23.7 Å². The summed E-state index contributed by atoms with van der Waals surface area (Å²) in [6.45, 7) is 0.971. The van der Waals surface area contributed by atoms with Crippen LogP contribution in [0.3, 0.4) is 0 Å². The highest BCUT2D eigenvalue weighted by Crippen LogP contribution is 2.56. The Balaban J connectivity index is 1.33. The van der Waals surface area contributed by atoms with Crippen LogP contribution in [0, 0.1) is 23.7 Å². The monoisotopic (exact) mass is 404 g/mol. The van der Waals surface area contributed by atoms with E-state index in [2.05, 4.69) is 5.32 Å². The number of carbonyl (C=O) groups excluding carboxylic acids is 4. The predicted molar refractivity (Wildman–Crippen MR) is 100 cm³/mol. The summed E-state index contributed by atoms with van der Waals surface area (Å²) < 4.78 is 5.04. The van der Waals surface area contributed by atoms with Crippen molar-refractivity contribution in [3.63, 3.8) is 0 Å². The maximum absolute atomic E-state index is 12.7. The minimum absolute atomic E-state index is 0.254. The summed E-state index contributed by atoms with van der Waals surface area (Å²) in [6.07, 6.45) is 2.88. The molecule has 0 aromatic heterocycles. The molecule has 1 aromatic rings. The molecule has 3 fully saturated rings. The van der Waals surface area contributed by atoms with Gasteiger partial charge in [-0.05, 0) is 62.3 Å². The highest BCUT2D eigenvalue weighted by Gasteiger charge is 2.62. The van der Waals surface area contributed by atoms with Crippen LogP contribution < -0.4 is 5.32 Å². The van der Waals surface area contributed by atoms with Crippen LogP contribution >= 0.6 is 11.6 Å². The van der Waals surface area contributed by atoms with Crippen LogP contribution in [0.4, 0.5) is 5.69 Å². The van der Waals surface area contributed by atoms with E-state index in [0.717, 1.165) is 24.2 Å². The van der Waals surface area contributed by atoms with Gasteiger partial charge >= 0.3 is 5.97 Å². The Bertz CT molecular complexity index is 812. The normalized spacial score (nSPS) is 29.0. The number of imide groups is 1. The van der Waals surface area contributed by atoms with Crippen LogP contribution in [-0.2, 0) is 23.9 Å². The topological polar surface area (TPSA) is 92.8 Å². The van der Waals surface area contributed by atoms with E-state index >= 15 is 0 Å². The molecule has 148 valence electrons.